The first kappa shape index (κ1) is 14.8. The molecule has 0 bridgehead atoms. The van der Waals surface area contributed by atoms with Crippen molar-refractivity contribution in [3.8, 4) is 5.75 Å². The molecule has 0 amide bonds. The summed E-state index contributed by atoms with van der Waals surface area (Å²) in [6, 6.07) is 6.21. The lowest BCUT2D eigenvalue weighted by Gasteiger charge is -2.38. The molecule has 1 aliphatic carbocycles. The Kier molecular flexibility index (Phi) is 4.60. The fourth-order valence-electron chi connectivity index (χ4n) is 2.81. The maximum absolute atomic E-state index is 13.6. The van der Waals surface area contributed by atoms with Crippen LogP contribution in [0, 0.1) is 5.82 Å². The normalized spacial score (nSPS) is 26.2. The number of aliphatic carboxylic acids is 1. The van der Waals surface area contributed by atoms with Gasteiger partial charge in [-0.15, -0.1) is 0 Å². The molecule has 1 aromatic carbocycles. The molecule has 5 heteroatoms. The molecule has 0 aromatic heterocycles. The van der Waals surface area contributed by atoms with Gasteiger partial charge in [0.05, 0.1) is 0 Å². The second kappa shape index (κ2) is 6.22. The highest BCUT2D eigenvalue weighted by molar-refractivity contribution is 5.79. The van der Waals surface area contributed by atoms with Crippen molar-refractivity contribution in [1.82, 2.24) is 5.32 Å². The molecule has 2 N–H and O–H groups in total. The summed E-state index contributed by atoms with van der Waals surface area (Å²) in [6.07, 6.45) is 2.14. The van der Waals surface area contributed by atoms with E-state index in [1.165, 1.54) is 6.07 Å². The lowest BCUT2D eigenvalue weighted by molar-refractivity contribution is -0.147. The number of para-hydroxylation sites is 1. The first-order chi connectivity index (χ1) is 9.57. The summed E-state index contributed by atoms with van der Waals surface area (Å²) in [5.74, 6) is -1.08. The molecule has 2 rings (SSSR count). The molecule has 0 saturated heterocycles. The molecule has 110 valence electrons. The van der Waals surface area contributed by atoms with E-state index >= 15 is 0 Å². The van der Waals surface area contributed by atoms with E-state index in [9.17, 15) is 14.3 Å². The number of benzene rings is 1. The van der Waals surface area contributed by atoms with E-state index in [0.717, 1.165) is 12.8 Å². The first-order valence-corrected chi connectivity index (χ1v) is 6.97. The molecule has 2 atom stereocenters. The van der Waals surface area contributed by atoms with Crippen molar-refractivity contribution in [3.05, 3.63) is 30.1 Å². The lowest BCUT2D eigenvalue weighted by atomic mass is 9.80. The molecule has 0 spiro atoms. The lowest BCUT2D eigenvalue weighted by Crippen LogP contribution is -2.56. The van der Waals surface area contributed by atoms with Gasteiger partial charge < -0.3 is 15.2 Å². The summed E-state index contributed by atoms with van der Waals surface area (Å²) in [5.41, 5.74) is -0.955. The summed E-state index contributed by atoms with van der Waals surface area (Å²) >= 11 is 0. The number of rotatable bonds is 5. The Balaban J connectivity index is 2.10. The van der Waals surface area contributed by atoms with E-state index in [0.29, 0.717) is 19.4 Å². The molecule has 1 fully saturated rings. The Morgan fingerprint density at radius 3 is 2.95 bits per heavy atom. The Hall–Kier alpha value is -1.62. The third-order valence-electron chi connectivity index (χ3n) is 3.76. The van der Waals surface area contributed by atoms with Gasteiger partial charge in [-0.2, -0.15) is 0 Å². The summed E-state index contributed by atoms with van der Waals surface area (Å²) in [5, 5.41) is 12.5. The average Bonchev–Trinajstić information content (AvgIpc) is 2.42. The van der Waals surface area contributed by atoms with Crippen LogP contribution >= 0.6 is 0 Å². The highest BCUT2D eigenvalue weighted by atomic mass is 19.1. The van der Waals surface area contributed by atoms with Gasteiger partial charge in [-0.3, -0.25) is 4.79 Å². The van der Waals surface area contributed by atoms with E-state index in [1.54, 1.807) is 18.2 Å². The zero-order chi connectivity index (χ0) is 14.6. The fourth-order valence-corrected chi connectivity index (χ4v) is 2.81. The second-order valence-electron chi connectivity index (χ2n) is 5.18. The van der Waals surface area contributed by atoms with Gasteiger partial charge in [-0.25, -0.2) is 4.39 Å². The zero-order valence-corrected chi connectivity index (χ0v) is 11.6. The van der Waals surface area contributed by atoms with Gasteiger partial charge in [-0.05, 0) is 37.9 Å². The molecule has 1 saturated carbocycles. The van der Waals surface area contributed by atoms with Crippen molar-refractivity contribution in [2.45, 2.75) is 44.2 Å². The van der Waals surface area contributed by atoms with Gasteiger partial charge in [0.2, 0.25) is 0 Å². The zero-order valence-electron chi connectivity index (χ0n) is 11.6. The number of halogens is 1. The number of hydrogen-bond donors (Lipinski definition) is 2. The van der Waals surface area contributed by atoms with Crippen molar-refractivity contribution in [1.29, 1.82) is 0 Å². The Morgan fingerprint density at radius 1 is 1.55 bits per heavy atom. The largest absolute Gasteiger partial charge is 0.487 e. The highest BCUT2D eigenvalue weighted by Gasteiger charge is 2.43. The smallest absolute Gasteiger partial charge is 0.324 e. The van der Waals surface area contributed by atoms with Crippen LogP contribution in [0.15, 0.2) is 24.3 Å². The van der Waals surface area contributed by atoms with Gasteiger partial charge >= 0.3 is 5.97 Å². The van der Waals surface area contributed by atoms with Crippen molar-refractivity contribution in [2.75, 3.05) is 6.54 Å². The van der Waals surface area contributed by atoms with Crippen LogP contribution in [0.4, 0.5) is 4.39 Å². The van der Waals surface area contributed by atoms with Crippen LogP contribution in [0.1, 0.15) is 32.6 Å². The number of carboxylic acid groups (broad SMARTS) is 1. The number of carboxylic acids is 1. The molecule has 1 aliphatic rings. The summed E-state index contributed by atoms with van der Waals surface area (Å²) < 4.78 is 19.2. The van der Waals surface area contributed by atoms with Gasteiger partial charge in [-0.1, -0.05) is 19.1 Å². The number of hydrogen-bond acceptors (Lipinski definition) is 3. The van der Waals surface area contributed by atoms with E-state index in [-0.39, 0.29) is 11.9 Å². The second-order valence-corrected chi connectivity index (χ2v) is 5.18. The molecular formula is C15H20FNO3. The molecule has 0 radical (unpaired) electrons. The van der Waals surface area contributed by atoms with Crippen LogP contribution in [-0.4, -0.2) is 29.3 Å². The Bertz CT molecular complexity index is 476. The Morgan fingerprint density at radius 2 is 2.30 bits per heavy atom. The Labute approximate surface area is 117 Å². The fraction of sp³-hybridized carbons (Fsp3) is 0.533. The maximum atomic E-state index is 13.6. The molecular weight excluding hydrogens is 261 g/mol. The number of ether oxygens (including phenoxy) is 1. The van der Waals surface area contributed by atoms with Crippen LogP contribution in [0.25, 0.3) is 0 Å². The summed E-state index contributed by atoms with van der Waals surface area (Å²) in [6.45, 7) is 2.46. The van der Waals surface area contributed by atoms with Gasteiger partial charge in [0.1, 0.15) is 11.6 Å². The molecule has 1 aromatic rings. The number of likely N-dealkylation sites (N-methyl/N-ethyl adjacent to an activating group) is 1. The molecule has 0 aliphatic heterocycles. The van der Waals surface area contributed by atoms with Crippen molar-refractivity contribution < 1.29 is 19.0 Å². The predicted octanol–water partition coefficient (Wildman–Crippen LogP) is 2.58. The molecule has 4 nitrogen and oxygen atoms in total. The molecule has 0 heterocycles. The van der Waals surface area contributed by atoms with E-state index < -0.39 is 17.3 Å². The van der Waals surface area contributed by atoms with Crippen molar-refractivity contribution in [2.24, 2.45) is 0 Å². The quantitative estimate of drug-likeness (QED) is 0.871. The van der Waals surface area contributed by atoms with Crippen LogP contribution < -0.4 is 10.1 Å². The third kappa shape index (κ3) is 3.10. The van der Waals surface area contributed by atoms with Gasteiger partial charge in [0, 0.05) is 6.42 Å². The van der Waals surface area contributed by atoms with Crippen LogP contribution in [0.5, 0.6) is 5.75 Å². The average molecular weight is 281 g/mol. The van der Waals surface area contributed by atoms with E-state index in [2.05, 4.69) is 5.32 Å². The minimum absolute atomic E-state index is 0.190. The standard InChI is InChI=1S/C15H20FNO3/c1-2-17-15(14(18)19)9-5-6-11(10-15)20-13-8-4-3-7-12(13)16/h3-4,7-8,11,17H,2,5-6,9-10H2,1H3,(H,18,19). The van der Waals surface area contributed by atoms with E-state index in [1.807, 2.05) is 6.92 Å². The number of nitrogens with one attached hydrogen (secondary N) is 1. The monoisotopic (exact) mass is 281 g/mol. The first-order valence-electron chi connectivity index (χ1n) is 6.97. The maximum Gasteiger partial charge on any atom is 0.324 e. The SMILES string of the molecule is CCNC1(C(=O)O)CCCC(Oc2ccccc2F)C1. The van der Waals surface area contributed by atoms with E-state index in [4.69, 9.17) is 4.74 Å². The number of carbonyl (C=O) groups is 1. The third-order valence-corrected chi connectivity index (χ3v) is 3.76. The van der Waals surface area contributed by atoms with Crippen molar-refractivity contribution in [3.63, 3.8) is 0 Å². The van der Waals surface area contributed by atoms with Crippen LogP contribution in [0.2, 0.25) is 0 Å². The van der Waals surface area contributed by atoms with Crippen molar-refractivity contribution >= 4 is 5.97 Å². The summed E-state index contributed by atoms with van der Waals surface area (Å²) in [4.78, 5) is 11.5. The predicted molar refractivity (Wildman–Crippen MR) is 73.3 cm³/mol. The highest BCUT2D eigenvalue weighted by Crippen LogP contribution is 2.32. The summed E-state index contributed by atoms with van der Waals surface area (Å²) in [7, 11) is 0. The van der Waals surface area contributed by atoms with Gasteiger partial charge in [0.25, 0.3) is 0 Å². The minimum Gasteiger partial charge on any atom is -0.487 e. The minimum atomic E-state index is -0.955. The van der Waals surface area contributed by atoms with Gasteiger partial charge in [0.15, 0.2) is 11.6 Å². The van der Waals surface area contributed by atoms with Crippen LogP contribution in [-0.2, 0) is 4.79 Å². The topological polar surface area (TPSA) is 58.6 Å². The van der Waals surface area contributed by atoms with Crippen LogP contribution in [0.3, 0.4) is 0 Å². The molecule has 2 unspecified atom stereocenters. The molecule has 20 heavy (non-hydrogen) atoms.